The summed E-state index contributed by atoms with van der Waals surface area (Å²) in [5.74, 6) is 1.15. The lowest BCUT2D eigenvalue weighted by molar-refractivity contribution is -0.132. The molecule has 1 atom stereocenters. The van der Waals surface area contributed by atoms with Crippen molar-refractivity contribution in [2.75, 3.05) is 6.54 Å². The minimum atomic E-state index is 0.120. The molecule has 1 amide bonds. The standard InChI is InChI=1S/C20H22N4O/c1-15-22-17-8-2-3-9-19(17)23(15)14-11-20(25)24-13-6-10-18(24)16-7-4-5-12-21-16/h2-5,7-9,12,18H,6,10-11,13-14H2,1H3. The van der Waals surface area contributed by atoms with Crippen molar-refractivity contribution in [1.82, 2.24) is 19.4 Å². The molecule has 1 fully saturated rings. The highest BCUT2D eigenvalue weighted by molar-refractivity contribution is 5.78. The van der Waals surface area contributed by atoms with Crippen LogP contribution in [0.15, 0.2) is 48.7 Å². The van der Waals surface area contributed by atoms with Crippen molar-refractivity contribution in [1.29, 1.82) is 0 Å². The Hall–Kier alpha value is -2.69. The van der Waals surface area contributed by atoms with E-state index in [4.69, 9.17) is 0 Å². The molecule has 5 heteroatoms. The van der Waals surface area contributed by atoms with E-state index in [0.717, 1.165) is 41.9 Å². The van der Waals surface area contributed by atoms with Crippen LogP contribution in [0, 0.1) is 6.92 Å². The van der Waals surface area contributed by atoms with Crippen molar-refractivity contribution in [3.8, 4) is 0 Å². The maximum absolute atomic E-state index is 12.8. The summed E-state index contributed by atoms with van der Waals surface area (Å²) in [6, 6.07) is 14.1. The van der Waals surface area contributed by atoms with Gasteiger partial charge in [0.25, 0.3) is 0 Å². The van der Waals surface area contributed by atoms with Crippen LogP contribution in [0.4, 0.5) is 0 Å². The van der Waals surface area contributed by atoms with Gasteiger partial charge in [0.1, 0.15) is 5.82 Å². The van der Waals surface area contributed by atoms with Gasteiger partial charge in [-0.25, -0.2) is 4.98 Å². The van der Waals surface area contributed by atoms with E-state index in [-0.39, 0.29) is 11.9 Å². The molecule has 1 aliphatic rings. The third-order valence-corrected chi connectivity index (χ3v) is 5.00. The number of benzene rings is 1. The van der Waals surface area contributed by atoms with E-state index in [9.17, 15) is 4.79 Å². The number of likely N-dealkylation sites (tertiary alicyclic amines) is 1. The molecule has 0 N–H and O–H groups in total. The van der Waals surface area contributed by atoms with Gasteiger partial charge in [0.05, 0.1) is 22.8 Å². The van der Waals surface area contributed by atoms with Crippen LogP contribution < -0.4 is 0 Å². The first-order valence-electron chi connectivity index (χ1n) is 8.86. The van der Waals surface area contributed by atoms with Crippen molar-refractivity contribution in [2.45, 2.75) is 38.8 Å². The zero-order chi connectivity index (χ0) is 17.2. The molecule has 1 aromatic carbocycles. The second-order valence-corrected chi connectivity index (χ2v) is 6.55. The molecule has 2 aromatic heterocycles. The van der Waals surface area contributed by atoms with Crippen LogP contribution in [-0.2, 0) is 11.3 Å². The lowest BCUT2D eigenvalue weighted by atomic mass is 10.1. The number of para-hydroxylation sites is 2. The van der Waals surface area contributed by atoms with Crippen LogP contribution in [0.3, 0.4) is 0 Å². The molecule has 3 aromatic rings. The zero-order valence-corrected chi connectivity index (χ0v) is 14.4. The van der Waals surface area contributed by atoms with Gasteiger partial charge in [0.15, 0.2) is 0 Å². The molecule has 1 saturated heterocycles. The van der Waals surface area contributed by atoms with Gasteiger partial charge >= 0.3 is 0 Å². The van der Waals surface area contributed by atoms with Crippen molar-refractivity contribution < 1.29 is 4.79 Å². The number of fused-ring (bicyclic) bond motifs is 1. The predicted molar refractivity (Wildman–Crippen MR) is 97.0 cm³/mol. The first kappa shape index (κ1) is 15.8. The zero-order valence-electron chi connectivity index (χ0n) is 14.4. The smallest absolute Gasteiger partial charge is 0.224 e. The molecule has 4 rings (SSSR count). The molecule has 0 bridgehead atoms. The molecular formula is C20H22N4O. The maximum Gasteiger partial charge on any atom is 0.224 e. The number of imidazole rings is 1. The van der Waals surface area contributed by atoms with Gasteiger partial charge in [-0.3, -0.25) is 9.78 Å². The summed E-state index contributed by atoms with van der Waals surface area (Å²) >= 11 is 0. The van der Waals surface area contributed by atoms with Crippen molar-refractivity contribution >= 4 is 16.9 Å². The van der Waals surface area contributed by atoms with Crippen LogP contribution in [0.25, 0.3) is 11.0 Å². The number of nitrogens with zero attached hydrogens (tertiary/aromatic N) is 4. The summed E-state index contributed by atoms with van der Waals surface area (Å²) in [7, 11) is 0. The summed E-state index contributed by atoms with van der Waals surface area (Å²) in [5.41, 5.74) is 3.08. The third kappa shape index (κ3) is 3.02. The van der Waals surface area contributed by atoms with E-state index >= 15 is 0 Å². The monoisotopic (exact) mass is 334 g/mol. The molecule has 0 spiro atoms. The normalized spacial score (nSPS) is 17.3. The molecule has 3 heterocycles. The minimum absolute atomic E-state index is 0.120. The Morgan fingerprint density at radius 1 is 1.20 bits per heavy atom. The second-order valence-electron chi connectivity index (χ2n) is 6.55. The molecule has 25 heavy (non-hydrogen) atoms. The molecule has 1 aliphatic heterocycles. The number of pyridine rings is 1. The van der Waals surface area contributed by atoms with E-state index < -0.39 is 0 Å². The Morgan fingerprint density at radius 3 is 2.88 bits per heavy atom. The quantitative estimate of drug-likeness (QED) is 0.734. The third-order valence-electron chi connectivity index (χ3n) is 5.00. The summed E-state index contributed by atoms with van der Waals surface area (Å²) in [6.07, 6.45) is 4.33. The first-order chi connectivity index (χ1) is 12.2. The van der Waals surface area contributed by atoms with Crippen molar-refractivity contribution in [3.05, 3.63) is 60.2 Å². The van der Waals surface area contributed by atoms with Crippen LogP contribution >= 0.6 is 0 Å². The Morgan fingerprint density at radius 2 is 2.04 bits per heavy atom. The fourth-order valence-electron chi connectivity index (χ4n) is 3.78. The predicted octanol–water partition coefficient (Wildman–Crippen LogP) is 3.49. The highest BCUT2D eigenvalue weighted by Gasteiger charge is 2.30. The number of amides is 1. The Labute approximate surface area is 147 Å². The number of aryl methyl sites for hydroxylation is 2. The number of carbonyl (C=O) groups excluding carboxylic acids is 1. The van der Waals surface area contributed by atoms with Crippen molar-refractivity contribution in [2.24, 2.45) is 0 Å². The number of aromatic nitrogens is 3. The van der Waals surface area contributed by atoms with Crippen LogP contribution in [0.5, 0.6) is 0 Å². The fourth-order valence-corrected chi connectivity index (χ4v) is 3.78. The van der Waals surface area contributed by atoms with Crippen molar-refractivity contribution in [3.63, 3.8) is 0 Å². The summed E-state index contributed by atoms with van der Waals surface area (Å²) in [5, 5.41) is 0. The van der Waals surface area contributed by atoms with Gasteiger partial charge in [-0.1, -0.05) is 18.2 Å². The van der Waals surface area contributed by atoms with E-state index in [2.05, 4.69) is 20.6 Å². The van der Waals surface area contributed by atoms with E-state index in [1.165, 1.54) is 0 Å². The van der Waals surface area contributed by atoms with Crippen LogP contribution in [0.1, 0.15) is 36.8 Å². The second kappa shape index (κ2) is 6.67. The molecule has 0 aliphatic carbocycles. The summed E-state index contributed by atoms with van der Waals surface area (Å²) < 4.78 is 2.14. The minimum Gasteiger partial charge on any atom is -0.334 e. The Bertz CT molecular complexity index is 887. The number of hydrogen-bond acceptors (Lipinski definition) is 3. The maximum atomic E-state index is 12.8. The van der Waals surface area contributed by atoms with Gasteiger partial charge in [0.2, 0.25) is 5.91 Å². The molecule has 0 saturated carbocycles. The number of hydrogen-bond donors (Lipinski definition) is 0. The highest BCUT2D eigenvalue weighted by atomic mass is 16.2. The Kier molecular flexibility index (Phi) is 4.22. The number of rotatable bonds is 4. The molecular weight excluding hydrogens is 312 g/mol. The van der Waals surface area contributed by atoms with Crippen LogP contribution in [-0.4, -0.2) is 31.9 Å². The lowest BCUT2D eigenvalue weighted by Gasteiger charge is -2.24. The topological polar surface area (TPSA) is 51.0 Å². The SMILES string of the molecule is Cc1nc2ccccc2n1CCC(=O)N1CCCC1c1ccccn1. The van der Waals surface area contributed by atoms with Gasteiger partial charge in [-0.2, -0.15) is 0 Å². The Balaban J connectivity index is 1.49. The van der Waals surface area contributed by atoms with E-state index in [0.29, 0.717) is 13.0 Å². The van der Waals surface area contributed by atoms with Gasteiger partial charge < -0.3 is 9.47 Å². The summed E-state index contributed by atoms with van der Waals surface area (Å²) in [6.45, 7) is 3.48. The van der Waals surface area contributed by atoms with E-state index in [1.54, 1.807) is 6.20 Å². The van der Waals surface area contributed by atoms with Gasteiger partial charge in [-0.05, 0) is 44.0 Å². The molecule has 0 radical (unpaired) electrons. The largest absolute Gasteiger partial charge is 0.334 e. The molecule has 5 nitrogen and oxygen atoms in total. The van der Waals surface area contributed by atoms with E-state index in [1.807, 2.05) is 48.2 Å². The molecule has 128 valence electrons. The molecule has 1 unspecified atom stereocenters. The van der Waals surface area contributed by atoms with Gasteiger partial charge in [-0.15, -0.1) is 0 Å². The highest BCUT2D eigenvalue weighted by Crippen LogP contribution is 2.31. The first-order valence-corrected chi connectivity index (χ1v) is 8.86. The lowest BCUT2D eigenvalue weighted by Crippen LogP contribution is -2.31. The average molecular weight is 334 g/mol. The van der Waals surface area contributed by atoms with Gasteiger partial charge in [0, 0.05) is 25.7 Å². The summed E-state index contributed by atoms with van der Waals surface area (Å²) in [4.78, 5) is 23.9. The number of carbonyl (C=O) groups is 1. The van der Waals surface area contributed by atoms with Crippen LogP contribution in [0.2, 0.25) is 0 Å². The average Bonchev–Trinajstić information content (AvgIpc) is 3.25. The fraction of sp³-hybridized carbons (Fsp3) is 0.350.